The van der Waals surface area contributed by atoms with Crippen molar-refractivity contribution in [3.63, 3.8) is 0 Å². The molecule has 0 amide bonds. The van der Waals surface area contributed by atoms with Crippen molar-refractivity contribution in [3.8, 4) is 40.3 Å². The van der Waals surface area contributed by atoms with Crippen molar-refractivity contribution in [1.29, 1.82) is 0 Å². The molecule has 3 heterocycles. The number of rotatable bonds is 5. The summed E-state index contributed by atoms with van der Waals surface area (Å²) in [5.41, 5.74) is 4.39. The Labute approximate surface area is 224 Å². The second-order valence-electron chi connectivity index (χ2n) is 9.25. The van der Waals surface area contributed by atoms with Gasteiger partial charge in [-0.05, 0) is 47.3 Å². The Balaban J connectivity index is 1.48. The predicted octanol–water partition coefficient (Wildman–Crippen LogP) is 6.26. The van der Waals surface area contributed by atoms with Crippen LogP contribution in [0.4, 0.5) is 0 Å². The summed E-state index contributed by atoms with van der Waals surface area (Å²) in [6.45, 7) is 0. The molecule has 6 aromatic rings. The number of methoxy groups -OCH3 is 3. The van der Waals surface area contributed by atoms with Gasteiger partial charge in [0.25, 0.3) is 0 Å². The molecule has 2 aromatic heterocycles. The lowest BCUT2D eigenvalue weighted by atomic mass is 9.82. The first-order valence-electron chi connectivity index (χ1n) is 12.5. The minimum absolute atomic E-state index is 0.239. The van der Waals surface area contributed by atoms with Gasteiger partial charge in [0.2, 0.25) is 5.88 Å². The molecule has 8 nitrogen and oxygen atoms in total. The summed E-state index contributed by atoms with van der Waals surface area (Å²) in [4.78, 5) is 9.68. The van der Waals surface area contributed by atoms with Crippen LogP contribution in [0.3, 0.4) is 0 Å². The zero-order chi connectivity index (χ0) is 26.5. The Kier molecular flexibility index (Phi) is 5.33. The van der Waals surface area contributed by atoms with E-state index in [4.69, 9.17) is 34.0 Å². The molecule has 0 unspecified atom stereocenters. The second-order valence-corrected chi connectivity index (χ2v) is 9.25. The van der Waals surface area contributed by atoms with Crippen LogP contribution in [-0.4, -0.2) is 40.9 Å². The first-order chi connectivity index (χ1) is 19.2. The Bertz CT molecular complexity index is 1860. The van der Waals surface area contributed by atoms with Gasteiger partial charge in [0.05, 0.1) is 26.9 Å². The molecule has 0 N–H and O–H groups in total. The average molecular weight is 517 g/mol. The Morgan fingerprint density at radius 1 is 0.821 bits per heavy atom. The van der Waals surface area contributed by atoms with E-state index in [1.54, 1.807) is 32.2 Å². The largest absolute Gasteiger partial charge is 0.497 e. The van der Waals surface area contributed by atoms with Gasteiger partial charge in [-0.1, -0.05) is 42.5 Å². The average Bonchev–Trinajstić information content (AvgIpc) is 3.44. The number of hydrogen-bond acceptors (Lipinski definition) is 7. The maximum atomic E-state index is 6.53. The summed E-state index contributed by atoms with van der Waals surface area (Å²) in [6, 6.07) is 26.1. The zero-order valence-corrected chi connectivity index (χ0v) is 21.6. The number of ether oxygens (including phenoxy) is 4. The fourth-order valence-corrected chi connectivity index (χ4v) is 5.29. The molecule has 1 aliphatic rings. The van der Waals surface area contributed by atoms with E-state index in [2.05, 4.69) is 24.3 Å². The highest BCUT2D eigenvalue weighted by atomic mass is 16.5. The number of fused-ring (bicyclic) bond motifs is 6. The van der Waals surface area contributed by atoms with Crippen LogP contribution in [-0.2, 0) is 0 Å². The lowest BCUT2D eigenvalue weighted by Gasteiger charge is -2.29. The molecule has 39 heavy (non-hydrogen) atoms. The van der Waals surface area contributed by atoms with Gasteiger partial charge in [-0.25, -0.2) is 14.5 Å². The van der Waals surface area contributed by atoms with Gasteiger partial charge in [0, 0.05) is 22.4 Å². The number of aromatic nitrogens is 4. The summed E-state index contributed by atoms with van der Waals surface area (Å²) in [5, 5.41) is 6.86. The summed E-state index contributed by atoms with van der Waals surface area (Å²) < 4.78 is 24.7. The molecule has 0 saturated heterocycles. The topological polar surface area (TPSA) is 80.0 Å². The zero-order valence-electron chi connectivity index (χ0n) is 21.6. The molecule has 0 spiro atoms. The molecule has 0 bridgehead atoms. The van der Waals surface area contributed by atoms with Crippen molar-refractivity contribution < 1.29 is 18.9 Å². The molecule has 1 aliphatic heterocycles. The van der Waals surface area contributed by atoms with Crippen molar-refractivity contribution in [2.75, 3.05) is 21.3 Å². The maximum Gasteiger partial charge on any atom is 0.228 e. The van der Waals surface area contributed by atoms with Crippen LogP contribution in [0.5, 0.6) is 28.9 Å². The highest BCUT2D eigenvalue weighted by Gasteiger charge is 2.35. The quantitative estimate of drug-likeness (QED) is 0.267. The predicted molar refractivity (Wildman–Crippen MR) is 147 cm³/mol. The lowest BCUT2D eigenvalue weighted by Crippen LogP contribution is -2.15. The van der Waals surface area contributed by atoms with Crippen molar-refractivity contribution in [2.24, 2.45) is 0 Å². The maximum absolute atomic E-state index is 6.53. The monoisotopic (exact) mass is 516 g/mol. The summed E-state index contributed by atoms with van der Waals surface area (Å²) in [5.74, 6) is 3.71. The number of benzene rings is 4. The molecule has 0 aliphatic carbocycles. The van der Waals surface area contributed by atoms with E-state index in [9.17, 15) is 0 Å². The lowest BCUT2D eigenvalue weighted by molar-refractivity contribution is 0.354. The minimum Gasteiger partial charge on any atom is -0.497 e. The number of hydrogen-bond donors (Lipinski definition) is 0. The van der Waals surface area contributed by atoms with Gasteiger partial charge in [0.1, 0.15) is 17.8 Å². The third-order valence-electron chi connectivity index (χ3n) is 7.18. The van der Waals surface area contributed by atoms with Crippen LogP contribution >= 0.6 is 0 Å². The van der Waals surface area contributed by atoms with E-state index < -0.39 is 0 Å². The molecule has 192 valence electrons. The van der Waals surface area contributed by atoms with Gasteiger partial charge >= 0.3 is 0 Å². The Morgan fingerprint density at radius 2 is 1.64 bits per heavy atom. The van der Waals surface area contributed by atoms with Gasteiger partial charge in [0.15, 0.2) is 23.0 Å². The van der Waals surface area contributed by atoms with Crippen LogP contribution < -0.4 is 18.9 Å². The summed E-state index contributed by atoms with van der Waals surface area (Å²) in [6.07, 6.45) is 1.65. The van der Waals surface area contributed by atoms with E-state index in [1.165, 1.54) is 0 Å². The van der Waals surface area contributed by atoms with Crippen LogP contribution in [0.15, 0.2) is 85.2 Å². The van der Waals surface area contributed by atoms with Crippen molar-refractivity contribution >= 4 is 16.4 Å². The third kappa shape index (κ3) is 3.64. The van der Waals surface area contributed by atoms with Crippen LogP contribution in [0.2, 0.25) is 0 Å². The standard InChI is InChI=1S/C31H24N4O4/c1-36-21-12-8-19(9-13-21)29-33-30-27-26(20-11-15-24(37-2)25(16-20)38-3)23-14-10-18-6-4-5-7-22(18)28(23)39-31(27)32-17-35(30)34-29/h4-17,26H,1-3H3/t26-/m0/s1. The summed E-state index contributed by atoms with van der Waals surface area (Å²) in [7, 11) is 4.92. The van der Waals surface area contributed by atoms with Crippen LogP contribution in [0.25, 0.3) is 27.8 Å². The van der Waals surface area contributed by atoms with Crippen molar-refractivity contribution in [1.82, 2.24) is 19.6 Å². The van der Waals surface area contributed by atoms with E-state index in [0.717, 1.165) is 44.5 Å². The van der Waals surface area contributed by atoms with E-state index in [0.29, 0.717) is 28.9 Å². The third-order valence-corrected chi connectivity index (χ3v) is 7.18. The SMILES string of the molecule is COc1ccc(-c2nc3c4c(ncn3n2)Oc2c(ccc3ccccc23)[C@@H]4c2ccc(OC)c(OC)c2)cc1. The molecule has 0 saturated carbocycles. The summed E-state index contributed by atoms with van der Waals surface area (Å²) >= 11 is 0. The molecule has 7 rings (SSSR count). The normalized spacial score (nSPS) is 14.0. The molecular formula is C31H24N4O4. The van der Waals surface area contributed by atoms with Gasteiger partial charge in [-0.2, -0.15) is 0 Å². The molecule has 0 radical (unpaired) electrons. The number of nitrogens with zero attached hydrogens (tertiary/aromatic N) is 4. The van der Waals surface area contributed by atoms with E-state index >= 15 is 0 Å². The molecule has 8 heteroatoms. The molecule has 4 aromatic carbocycles. The van der Waals surface area contributed by atoms with Gasteiger partial charge in [-0.15, -0.1) is 5.10 Å². The fourth-order valence-electron chi connectivity index (χ4n) is 5.29. The molecule has 1 atom stereocenters. The molecular weight excluding hydrogens is 492 g/mol. The Hall–Kier alpha value is -5.11. The minimum atomic E-state index is -0.239. The van der Waals surface area contributed by atoms with E-state index in [1.807, 2.05) is 54.6 Å². The van der Waals surface area contributed by atoms with Gasteiger partial charge < -0.3 is 18.9 Å². The van der Waals surface area contributed by atoms with Crippen molar-refractivity contribution in [3.05, 3.63) is 102 Å². The highest BCUT2D eigenvalue weighted by Crippen LogP contribution is 2.51. The Morgan fingerprint density at radius 3 is 2.44 bits per heavy atom. The van der Waals surface area contributed by atoms with Gasteiger partial charge in [-0.3, -0.25) is 0 Å². The van der Waals surface area contributed by atoms with Crippen molar-refractivity contribution in [2.45, 2.75) is 5.92 Å². The molecule has 0 fully saturated rings. The first kappa shape index (κ1) is 23.0. The van der Waals surface area contributed by atoms with E-state index in [-0.39, 0.29) is 5.92 Å². The highest BCUT2D eigenvalue weighted by molar-refractivity contribution is 5.91. The first-order valence-corrected chi connectivity index (χ1v) is 12.5. The van der Waals surface area contributed by atoms with Crippen LogP contribution in [0, 0.1) is 0 Å². The fraction of sp³-hybridized carbons (Fsp3) is 0.129. The van der Waals surface area contributed by atoms with Crippen LogP contribution in [0.1, 0.15) is 22.6 Å². The second kappa shape index (κ2) is 9.02. The smallest absolute Gasteiger partial charge is 0.228 e.